The predicted octanol–water partition coefficient (Wildman–Crippen LogP) is 3.18. The van der Waals surface area contributed by atoms with Gasteiger partial charge in [-0.25, -0.2) is 9.97 Å². The molecule has 6 heteroatoms. The molecule has 18 heavy (non-hydrogen) atoms. The van der Waals surface area contributed by atoms with E-state index in [1.807, 2.05) is 24.3 Å². The molecule has 1 aromatic heterocycles. The topological polar surface area (TPSA) is 61.0 Å². The van der Waals surface area contributed by atoms with Crippen molar-refractivity contribution >= 4 is 29.1 Å². The third kappa shape index (κ3) is 2.86. The third-order valence-corrected chi connectivity index (χ3v) is 3.49. The summed E-state index contributed by atoms with van der Waals surface area (Å²) >= 11 is 7.26. The van der Waals surface area contributed by atoms with E-state index in [0.717, 1.165) is 10.6 Å². The van der Waals surface area contributed by atoms with Crippen LogP contribution in [-0.2, 0) is 0 Å². The fraction of sp³-hybridized carbons (Fsp3) is 0.167. The van der Waals surface area contributed by atoms with Crippen LogP contribution in [0.1, 0.15) is 5.69 Å². The molecule has 2 N–H and O–H groups in total. The van der Waals surface area contributed by atoms with Crippen LogP contribution in [0.3, 0.4) is 0 Å². The van der Waals surface area contributed by atoms with Gasteiger partial charge in [-0.15, -0.1) is 0 Å². The number of aryl methyl sites for hydroxylation is 1. The highest BCUT2D eigenvalue weighted by Crippen LogP contribution is 2.33. The SMILES string of the molecule is COc1cccc(Sc2nc(Cl)nc(C)c2N)c1. The van der Waals surface area contributed by atoms with Crippen LogP contribution in [0.4, 0.5) is 5.69 Å². The second-order valence-corrected chi connectivity index (χ2v) is 4.98. The van der Waals surface area contributed by atoms with Gasteiger partial charge in [-0.2, -0.15) is 0 Å². The lowest BCUT2D eigenvalue weighted by atomic mass is 10.3. The van der Waals surface area contributed by atoms with Gasteiger partial charge in [0.25, 0.3) is 0 Å². The van der Waals surface area contributed by atoms with Crippen LogP contribution in [-0.4, -0.2) is 17.1 Å². The Labute approximate surface area is 115 Å². The number of rotatable bonds is 3. The summed E-state index contributed by atoms with van der Waals surface area (Å²) in [4.78, 5) is 9.12. The molecule has 0 saturated heterocycles. The van der Waals surface area contributed by atoms with Gasteiger partial charge < -0.3 is 10.5 Å². The summed E-state index contributed by atoms with van der Waals surface area (Å²) in [6, 6.07) is 7.66. The van der Waals surface area contributed by atoms with Crippen molar-refractivity contribution in [3.8, 4) is 5.75 Å². The highest BCUT2D eigenvalue weighted by Gasteiger charge is 2.09. The standard InChI is InChI=1S/C12H12ClN3OS/c1-7-10(14)11(16-12(13)15-7)18-9-5-3-4-8(6-9)17-2/h3-6H,14H2,1-2H3. The van der Waals surface area contributed by atoms with Gasteiger partial charge in [0.2, 0.25) is 5.28 Å². The average molecular weight is 282 g/mol. The predicted molar refractivity (Wildman–Crippen MR) is 73.3 cm³/mol. The van der Waals surface area contributed by atoms with Crippen molar-refractivity contribution < 1.29 is 4.74 Å². The van der Waals surface area contributed by atoms with Crippen molar-refractivity contribution in [1.82, 2.24) is 9.97 Å². The smallest absolute Gasteiger partial charge is 0.223 e. The Hall–Kier alpha value is -1.46. The number of benzene rings is 1. The summed E-state index contributed by atoms with van der Waals surface area (Å²) in [5.74, 6) is 0.787. The van der Waals surface area contributed by atoms with Crippen molar-refractivity contribution in [1.29, 1.82) is 0 Å². The van der Waals surface area contributed by atoms with Gasteiger partial charge in [0.1, 0.15) is 10.8 Å². The van der Waals surface area contributed by atoms with Crippen LogP contribution in [0.5, 0.6) is 5.75 Å². The van der Waals surface area contributed by atoms with Crippen LogP contribution in [0.15, 0.2) is 34.2 Å². The molecule has 0 fully saturated rings. The number of hydrogen-bond donors (Lipinski definition) is 1. The Morgan fingerprint density at radius 3 is 2.83 bits per heavy atom. The molecule has 94 valence electrons. The molecule has 0 bridgehead atoms. The number of hydrogen-bond acceptors (Lipinski definition) is 5. The minimum absolute atomic E-state index is 0.201. The van der Waals surface area contributed by atoms with Gasteiger partial charge >= 0.3 is 0 Å². The lowest BCUT2D eigenvalue weighted by molar-refractivity contribution is 0.413. The second kappa shape index (κ2) is 5.46. The van der Waals surface area contributed by atoms with Crippen LogP contribution in [0.2, 0.25) is 5.28 Å². The summed E-state index contributed by atoms with van der Waals surface area (Å²) in [6.45, 7) is 1.80. The largest absolute Gasteiger partial charge is 0.497 e. The maximum absolute atomic E-state index is 5.93. The molecule has 0 atom stereocenters. The highest BCUT2D eigenvalue weighted by atomic mass is 35.5. The van der Waals surface area contributed by atoms with Crippen LogP contribution in [0, 0.1) is 6.92 Å². The molecular weight excluding hydrogens is 270 g/mol. The number of nitrogens with zero attached hydrogens (tertiary/aromatic N) is 2. The molecule has 0 saturated carbocycles. The molecule has 2 rings (SSSR count). The summed E-state index contributed by atoms with van der Waals surface area (Å²) in [6.07, 6.45) is 0. The molecule has 0 radical (unpaired) electrons. The molecule has 0 aliphatic carbocycles. The molecule has 2 aromatic rings. The Kier molecular flexibility index (Phi) is 3.93. The first-order valence-corrected chi connectivity index (χ1v) is 6.41. The summed E-state index contributed by atoms with van der Waals surface area (Å²) < 4.78 is 5.17. The summed E-state index contributed by atoms with van der Waals surface area (Å²) in [5.41, 5.74) is 7.16. The number of methoxy groups -OCH3 is 1. The fourth-order valence-corrected chi connectivity index (χ4v) is 2.57. The average Bonchev–Trinajstić information content (AvgIpc) is 2.35. The number of anilines is 1. The first-order valence-electron chi connectivity index (χ1n) is 5.21. The maximum Gasteiger partial charge on any atom is 0.223 e. The third-order valence-electron chi connectivity index (χ3n) is 2.33. The van der Waals surface area contributed by atoms with E-state index in [1.165, 1.54) is 11.8 Å². The van der Waals surface area contributed by atoms with Gasteiger partial charge in [-0.3, -0.25) is 0 Å². The molecular formula is C12H12ClN3OS. The zero-order valence-electron chi connectivity index (χ0n) is 9.98. The second-order valence-electron chi connectivity index (χ2n) is 3.58. The molecule has 0 aliphatic rings. The van der Waals surface area contributed by atoms with Crippen molar-refractivity contribution in [2.24, 2.45) is 0 Å². The molecule has 0 aliphatic heterocycles. The quantitative estimate of drug-likeness (QED) is 0.691. The number of nitrogens with two attached hydrogens (primary N) is 1. The Morgan fingerprint density at radius 1 is 1.33 bits per heavy atom. The van der Waals surface area contributed by atoms with Gasteiger partial charge in [-0.05, 0) is 36.7 Å². The van der Waals surface area contributed by atoms with Crippen molar-refractivity contribution in [2.75, 3.05) is 12.8 Å². The maximum atomic E-state index is 5.93. The van der Waals surface area contributed by atoms with Gasteiger partial charge in [0.05, 0.1) is 18.5 Å². The van der Waals surface area contributed by atoms with Crippen LogP contribution in [0.25, 0.3) is 0 Å². The normalized spacial score (nSPS) is 10.4. The Bertz CT molecular complexity index is 577. The van der Waals surface area contributed by atoms with Crippen LogP contribution >= 0.6 is 23.4 Å². The van der Waals surface area contributed by atoms with E-state index in [9.17, 15) is 0 Å². The van der Waals surface area contributed by atoms with Gasteiger partial charge in [-0.1, -0.05) is 17.8 Å². The van der Waals surface area contributed by atoms with Crippen molar-refractivity contribution in [2.45, 2.75) is 16.8 Å². The van der Waals surface area contributed by atoms with E-state index in [0.29, 0.717) is 16.4 Å². The molecule has 1 heterocycles. The van der Waals surface area contributed by atoms with E-state index in [2.05, 4.69) is 9.97 Å². The molecule has 4 nitrogen and oxygen atoms in total. The zero-order chi connectivity index (χ0) is 13.1. The first kappa shape index (κ1) is 13.0. The zero-order valence-corrected chi connectivity index (χ0v) is 11.5. The van der Waals surface area contributed by atoms with E-state index in [1.54, 1.807) is 14.0 Å². The fourth-order valence-electron chi connectivity index (χ4n) is 1.38. The molecule has 0 amide bonds. The number of aromatic nitrogens is 2. The monoisotopic (exact) mass is 281 g/mol. The van der Waals surface area contributed by atoms with E-state index < -0.39 is 0 Å². The van der Waals surface area contributed by atoms with Crippen molar-refractivity contribution in [3.63, 3.8) is 0 Å². The summed E-state index contributed by atoms with van der Waals surface area (Å²) in [7, 11) is 1.63. The minimum atomic E-state index is 0.201. The Balaban J connectivity index is 2.33. The van der Waals surface area contributed by atoms with Gasteiger partial charge in [0, 0.05) is 4.90 Å². The molecule has 1 aromatic carbocycles. The first-order chi connectivity index (χ1) is 8.60. The van der Waals surface area contributed by atoms with Crippen LogP contribution < -0.4 is 10.5 Å². The lowest BCUT2D eigenvalue weighted by Crippen LogP contribution is -1.99. The van der Waals surface area contributed by atoms with Crippen molar-refractivity contribution in [3.05, 3.63) is 35.2 Å². The molecule has 0 unspecified atom stereocenters. The number of ether oxygens (including phenoxy) is 1. The van der Waals surface area contributed by atoms with E-state index in [4.69, 9.17) is 22.1 Å². The highest BCUT2D eigenvalue weighted by molar-refractivity contribution is 7.99. The summed E-state index contributed by atoms with van der Waals surface area (Å²) in [5, 5.41) is 0.854. The number of halogens is 1. The van der Waals surface area contributed by atoms with E-state index >= 15 is 0 Å². The molecule has 0 spiro atoms. The Morgan fingerprint density at radius 2 is 2.11 bits per heavy atom. The van der Waals surface area contributed by atoms with Gasteiger partial charge in [0.15, 0.2) is 0 Å². The lowest BCUT2D eigenvalue weighted by Gasteiger charge is -2.08. The minimum Gasteiger partial charge on any atom is -0.497 e. The van der Waals surface area contributed by atoms with E-state index in [-0.39, 0.29) is 5.28 Å². The number of nitrogen functional groups attached to an aromatic ring is 1.